The van der Waals surface area contributed by atoms with Gasteiger partial charge < -0.3 is 10.1 Å². The lowest BCUT2D eigenvalue weighted by molar-refractivity contribution is -0.118. The minimum absolute atomic E-state index is 0.0678. The summed E-state index contributed by atoms with van der Waals surface area (Å²) in [7, 11) is -4.33. The molecule has 2 aromatic rings. The summed E-state index contributed by atoms with van der Waals surface area (Å²) in [6.07, 6.45) is 0. The Morgan fingerprint density at radius 3 is 2.70 bits per heavy atom. The number of halogens is 2. The van der Waals surface area contributed by atoms with Crippen LogP contribution in [0.2, 0.25) is 0 Å². The van der Waals surface area contributed by atoms with Crippen LogP contribution in [0, 0.1) is 11.6 Å². The lowest BCUT2D eigenvalue weighted by atomic mass is 10.2. The Hall–Kier alpha value is -2.68. The van der Waals surface area contributed by atoms with E-state index in [4.69, 9.17) is 4.74 Å². The van der Waals surface area contributed by atoms with Gasteiger partial charge in [-0.1, -0.05) is 0 Å². The van der Waals surface area contributed by atoms with E-state index in [2.05, 4.69) is 10.0 Å². The van der Waals surface area contributed by atoms with Gasteiger partial charge in [0.2, 0.25) is 0 Å². The zero-order chi connectivity index (χ0) is 16.6. The number of anilines is 2. The van der Waals surface area contributed by atoms with Gasteiger partial charge in [-0.2, -0.15) is 0 Å². The van der Waals surface area contributed by atoms with Crippen molar-refractivity contribution in [1.82, 2.24) is 0 Å². The van der Waals surface area contributed by atoms with Crippen LogP contribution in [-0.2, 0) is 14.8 Å². The molecule has 1 aliphatic rings. The highest BCUT2D eigenvalue weighted by molar-refractivity contribution is 7.92. The summed E-state index contributed by atoms with van der Waals surface area (Å²) in [6, 6.07) is 6.28. The summed E-state index contributed by atoms with van der Waals surface area (Å²) in [6.45, 7) is -0.132. The molecule has 120 valence electrons. The van der Waals surface area contributed by atoms with Gasteiger partial charge in [0, 0.05) is 0 Å². The van der Waals surface area contributed by atoms with Gasteiger partial charge in [-0.05, 0) is 36.4 Å². The molecule has 1 amide bonds. The number of ether oxygens (including phenoxy) is 1. The van der Waals surface area contributed by atoms with Gasteiger partial charge in [0.1, 0.15) is 22.3 Å². The molecule has 0 radical (unpaired) electrons. The molecule has 6 nitrogen and oxygen atoms in total. The van der Waals surface area contributed by atoms with Crippen LogP contribution >= 0.6 is 0 Å². The molecule has 0 saturated carbocycles. The van der Waals surface area contributed by atoms with Crippen LogP contribution in [0.3, 0.4) is 0 Å². The van der Waals surface area contributed by atoms with Gasteiger partial charge in [0.05, 0.1) is 11.4 Å². The van der Waals surface area contributed by atoms with Crippen LogP contribution in [0.15, 0.2) is 41.3 Å². The van der Waals surface area contributed by atoms with E-state index in [9.17, 15) is 22.0 Å². The predicted molar refractivity (Wildman–Crippen MR) is 77.7 cm³/mol. The largest absolute Gasteiger partial charge is 0.482 e. The lowest BCUT2D eigenvalue weighted by Gasteiger charge is -2.19. The van der Waals surface area contributed by atoms with Crippen LogP contribution in [-0.4, -0.2) is 20.9 Å². The van der Waals surface area contributed by atoms with Crippen molar-refractivity contribution in [3.8, 4) is 5.75 Å². The third-order valence-electron chi connectivity index (χ3n) is 3.05. The van der Waals surface area contributed by atoms with Crippen LogP contribution in [0.4, 0.5) is 20.2 Å². The van der Waals surface area contributed by atoms with E-state index in [1.165, 1.54) is 18.2 Å². The van der Waals surface area contributed by atoms with E-state index in [1.54, 1.807) is 0 Å². The molecule has 2 aromatic carbocycles. The van der Waals surface area contributed by atoms with Gasteiger partial charge in [-0.3, -0.25) is 9.52 Å². The molecule has 1 aliphatic heterocycles. The first-order valence-electron chi connectivity index (χ1n) is 6.40. The molecule has 0 spiro atoms. The fourth-order valence-corrected chi connectivity index (χ4v) is 3.18. The monoisotopic (exact) mass is 340 g/mol. The SMILES string of the molecule is O=C1COc2ccc(NS(=O)(=O)c3cc(F)ccc3F)cc2N1. The van der Waals surface area contributed by atoms with E-state index < -0.39 is 26.6 Å². The summed E-state index contributed by atoms with van der Waals surface area (Å²) in [4.78, 5) is 10.5. The number of fused-ring (bicyclic) bond motifs is 1. The fourth-order valence-electron chi connectivity index (χ4n) is 2.04. The Balaban J connectivity index is 1.93. The Morgan fingerprint density at radius 1 is 1.13 bits per heavy atom. The van der Waals surface area contributed by atoms with E-state index >= 15 is 0 Å². The molecule has 0 saturated heterocycles. The van der Waals surface area contributed by atoms with Crippen LogP contribution in [0.5, 0.6) is 5.75 Å². The summed E-state index contributed by atoms with van der Waals surface area (Å²) in [5.74, 6) is -1.95. The highest BCUT2D eigenvalue weighted by Crippen LogP contribution is 2.31. The Labute approximate surface area is 130 Å². The molecule has 1 heterocycles. The smallest absolute Gasteiger partial charge is 0.264 e. The molecule has 0 aromatic heterocycles. The van der Waals surface area contributed by atoms with Crippen molar-refractivity contribution in [3.63, 3.8) is 0 Å². The van der Waals surface area contributed by atoms with Crippen molar-refractivity contribution < 1.29 is 26.7 Å². The van der Waals surface area contributed by atoms with E-state index in [0.717, 1.165) is 12.1 Å². The number of hydrogen-bond acceptors (Lipinski definition) is 4. The highest BCUT2D eigenvalue weighted by atomic mass is 32.2. The predicted octanol–water partition coefficient (Wildman–Crippen LogP) is 2.10. The molecule has 3 rings (SSSR count). The average Bonchev–Trinajstić information content (AvgIpc) is 2.48. The number of carbonyl (C=O) groups is 1. The second-order valence-electron chi connectivity index (χ2n) is 4.73. The number of carbonyl (C=O) groups excluding carboxylic acids is 1. The molecular weight excluding hydrogens is 330 g/mol. The topological polar surface area (TPSA) is 84.5 Å². The van der Waals surface area contributed by atoms with Gasteiger partial charge in [0.15, 0.2) is 6.61 Å². The zero-order valence-electron chi connectivity index (χ0n) is 11.5. The van der Waals surface area contributed by atoms with Crippen molar-refractivity contribution in [2.45, 2.75) is 4.90 Å². The van der Waals surface area contributed by atoms with Gasteiger partial charge >= 0.3 is 0 Å². The average molecular weight is 340 g/mol. The van der Waals surface area contributed by atoms with Crippen molar-refractivity contribution in [1.29, 1.82) is 0 Å². The first-order chi connectivity index (χ1) is 10.8. The highest BCUT2D eigenvalue weighted by Gasteiger charge is 2.22. The molecule has 23 heavy (non-hydrogen) atoms. The summed E-state index contributed by atoms with van der Waals surface area (Å²) in [5, 5.41) is 2.51. The van der Waals surface area contributed by atoms with Crippen LogP contribution in [0.1, 0.15) is 0 Å². The number of hydrogen-bond donors (Lipinski definition) is 2. The Kier molecular flexibility index (Phi) is 3.64. The lowest BCUT2D eigenvalue weighted by Crippen LogP contribution is -2.25. The molecule has 0 aliphatic carbocycles. The standard InChI is InChI=1S/C14H10F2N2O4S/c15-8-1-3-10(16)13(5-8)23(20,21)18-9-2-4-12-11(6-9)17-14(19)7-22-12/h1-6,18H,7H2,(H,17,19). The Morgan fingerprint density at radius 2 is 1.91 bits per heavy atom. The van der Waals surface area contributed by atoms with Crippen LogP contribution < -0.4 is 14.8 Å². The van der Waals surface area contributed by atoms with Gasteiger partial charge in [-0.15, -0.1) is 0 Å². The number of sulfonamides is 1. The molecule has 2 N–H and O–H groups in total. The number of benzene rings is 2. The number of nitrogens with one attached hydrogen (secondary N) is 2. The van der Waals surface area contributed by atoms with Crippen molar-refractivity contribution in [2.75, 3.05) is 16.6 Å². The maximum absolute atomic E-state index is 13.6. The third kappa shape index (κ3) is 3.09. The van der Waals surface area contributed by atoms with Crippen LogP contribution in [0.25, 0.3) is 0 Å². The second kappa shape index (κ2) is 5.51. The van der Waals surface area contributed by atoms with E-state index in [1.807, 2.05) is 0 Å². The second-order valence-corrected chi connectivity index (χ2v) is 6.38. The summed E-state index contributed by atoms with van der Waals surface area (Å²) in [5.41, 5.74) is 0.347. The number of amides is 1. The fraction of sp³-hybridized carbons (Fsp3) is 0.0714. The van der Waals surface area contributed by atoms with E-state index in [-0.39, 0.29) is 23.9 Å². The maximum Gasteiger partial charge on any atom is 0.264 e. The molecule has 0 unspecified atom stereocenters. The Bertz CT molecular complexity index is 900. The first kappa shape index (κ1) is 15.2. The zero-order valence-corrected chi connectivity index (χ0v) is 12.3. The van der Waals surface area contributed by atoms with Crippen molar-refractivity contribution >= 4 is 27.3 Å². The van der Waals surface area contributed by atoms with Gasteiger partial charge in [0.25, 0.3) is 15.9 Å². The third-order valence-corrected chi connectivity index (χ3v) is 4.44. The summed E-state index contributed by atoms with van der Waals surface area (Å²) < 4.78 is 58.4. The van der Waals surface area contributed by atoms with Crippen molar-refractivity contribution in [2.24, 2.45) is 0 Å². The molecule has 9 heteroatoms. The van der Waals surface area contributed by atoms with E-state index in [0.29, 0.717) is 11.8 Å². The molecule has 0 fully saturated rings. The molecular formula is C14H10F2N2O4S. The maximum atomic E-state index is 13.6. The van der Waals surface area contributed by atoms with Crippen molar-refractivity contribution in [3.05, 3.63) is 48.0 Å². The minimum atomic E-state index is -4.33. The minimum Gasteiger partial charge on any atom is -0.482 e. The number of rotatable bonds is 3. The first-order valence-corrected chi connectivity index (χ1v) is 7.88. The molecule has 0 atom stereocenters. The molecule has 0 bridgehead atoms. The van der Waals surface area contributed by atoms with Gasteiger partial charge in [-0.25, -0.2) is 17.2 Å². The normalized spacial score (nSPS) is 13.7. The quantitative estimate of drug-likeness (QED) is 0.896. The summed E-state index contributed by atoms with van der Waals surface area (Å²) >= 11 is 0.